The fraction of sp³-hybridized carbons (Fsp3) is 0.531. The van der Waals surface area contributed by atoms with E-state index < -0.39 is 0 Å². The molecule has 4 heteroatoms. The van der Waals surface area contributed by atoms with Crippen molar-refractivity contribution >= 4 is 17.5 Å². The van der Waals surface area contributed by atoms with Gasteiger partial charge in [0.2, 0.25) is 0 Å². The van der Waals surface area contributed by atoms with E-state index in [0.29, 0.717) is 13.0 Å². The molecule has 1 unspecified atom stereocenters. The summed E-state index contributed by atoms with van der Waals surface area (Å²) >= 11 is 0. The zero-order chi connectivity index (χ0) is 27.1. The summed E-state index contributed by atoms with van der Waals surface area (Å²) in [5.41, 5.74) is 7.55. The van der Waals surface area contributed by atoms with Gasteiger partial charge in [-0.15, -0.1) is 0 Å². The third-order valence-corrected chi connectivity index (χ3v) is 6.54. The zero-order valence-corrected chi connectivity index (χ0v) is 24.4. The van der Waals surface area contributed by atoms with Crippen LogP contribution in [0.1, 0.15) is 70.2 Å². The normalized spacial score (nSPS) is 12.6. The molecule has 1 aliphatic rings. The number of methoxy groups -OCH3 is 1. The Balaban J connectivity index is 0.00000154. The lowest BCUT2D eigenvalue weighted by Gasteiger charge is -2.26. The molecular formula is C32H50N2O2. The Morgan fingerprint density at radius 2 is 1.72 bits per heavy atom. The van der Waals surface area contributed by atoms with Gasteiger partial charge in [-0.3, -0.25) is 9.69 Å². The maximum absolute atomic E-state index is 12.8. The van der Waals surface area contributed by atoms with Crippen LogP contribution in [0.4, 0.5) is 5.69 Å². The lowest BCUT2D eigenvalue weighted by Crippen LogP contribution is -2.37. The Hall–Kier alpha value is -2.43. The van der Waals surface area contributed by atoms with Crippen LogP contribution in [0, 0.1) is 6.92 Å². The molecule has 3 rings (SSSR count). The van der Waals surface area contributed by atoms with Gasteiger partial charge in [-0.25, -0.2) is 0 Å². The van der Waals surface area contributed by atoms with Crippen molar-refractivity contribution < 1.29 is 9.53 Å². The van der Waals surface area contributed by atoms with E-state index in [4.69, 9.17) is 4.74 Å². The molecule has 36 heavy (non-hydrogen) atoms. The molecule has 0 bridgehead atoms. The number of Topliss-reactive ketones (excluding diaryl/α,β-unsaturated/α-hetero) is 1. The van der Waals surface area contributed by atoms with Crippen molar-refractivity contribution in [2.75, 3.05) is 45.2 Å². The summed E-state index contributed by atoms with van der Waals surface area (Å²) < 4.78 is 5.61. The molecule has 4 nitrogen and oxygen atoms in total. The van der Waals surface area contributed by atoms with Gasteiger partial charge in [-0.2, -0.15) is 0 Å². The average Bonchev–Trinajstić information content (AvgIpc) is 3.32. The second-order valence-electron chi connectivity index (χ2n) is 8.85. The number of nitrogens with zero attached hydrogens (tertiary/aromatic N) is 2. The Labute approximate surface area is 221 Å². The molecular weight excluding hydrogens is 444 g/mol. The van der Waals surface area contributed by atoms with E-state index >= 15 is 0 Å². The number of anilines is 1. The SMILES string of the molecule is CC.CC.CCC(OC)C1=Cc2ccc(CC(=O)CN(CC)CCN(C)c3ccccc3C)cc2C1. The topological polar surface area (TPSA) is 32.8 Å². The van der Waals surface area contributed by atoms with Gasteiger partial charge in [-0.05, 0) is 60.2 Å². The van der Waals surface area contributed by atoms with E-state index in [2.05, 4.69) is 86.2 Å². The first-order valence-electron chi connectivity index (χ1n) is 13.8. The van der Waals surface area contributed by atoms with E-state index in [1.165, 1.54) is 28.0 Å². The number of rotatable bonds is 12. The summed E-state index contributed by atoms with van der Waals surface area (Å²) in [6.45, 7) is 17.6. The zero-order valence-electron chi connectivity index (χ0n) is 24.4. The van der Waals surface area contributed by atoms with Gasteiger partial charge < -0.3 is 9.64 Å². The fourth-order valence-electron chi connectivity index (χ4n) is 4.61. The highest BCUT2D eigenvalue weighted by atomic mass is 16.5. The molecule has 0 aromatic heterocycles. The predicted octanol–water partition coefficient (Wildman–Crippen LogP) is 6.98. The van der Waals surface area contributed by atoms with Crippen LogP contribution < -0.4 is 4.90 Å². The number of carbonyl (C=O) groups excluding carboxylic acids is 1. The van der Waals surface area contributed by atoms with Crippen molar-refractivity contribution in [2.24, 2.45) is 0 Å². The number of para-hydroxylation sites is 1. The molecule has 0 fully saturated rings. The molecule has 0 amide bonds. The molecule has 1 aliphatic carbocycles. The molecule has 0 spiro atoms. The van der Waals surface area contributed by atoms with Gasteiger partial charge in [0.1, 0.15) is 0 Å². The van der Waals surface area contributed by atoms with E-state index in [1.807, 2.05) is 27.7 Å². The molecule has 0 radical (unpaired) electrons. The number of aryl methyl sites for hydroxylation is 1. The van der Waals surface area contributed by atoms with Crippen molar-refractivity contribution in [1.82, 2.24) is 4.90 Å². The number of ketones is 1. The minimum absolute atomic E-state index is 0.184. The summed E-state index contributed by atoms with van der Waals surface area (Å²) in [6.07, 6.45) is 4.84. The summed E-state index contributed by atoms with van der Waals surface area (Å²) in [4.78, 5) is 17.3. The van der Waals surface area contributed by atoms with E-state index in [1.54, 1.807) is 7.11 Å². The summed E-state index contributed by atoms with van der Waals surface area (Å²) in [5.74, 6) is 0.278. The second kappa shape index (κ2) is 17.1. The first-order chi connectivity index (χ1) is 17.4. The van der Waals surface area contributed by atoms with Gasteiger partial charge >= 0.3 is 0 Å². The van der Waals surface area contributed by atoms with Crippen molar-refractivity contribution in [2.45, 2.75) is 73.8 Å². The molecule has 0 heterocycles. The average molecular weight is 495 g/mol. The fourth-order valence-corrected chi connectivity index (χ4v) is 4.61. The number of ether oxygens (including phenoxy) is 1. The summed E-state index contributed by atoms with van der Waals surface area (Å²) in [5, 5.41) is 0. The van der Waals surface area contributed by atoms with Crippen LogP contribution in [-0.4, -0.2) is 57.1 Å². The van der Waals surface area contributed by atoms with Gasteiger partial charge in [-0.1, -0.05) is 84.0 Å². The summed E-state index contributed by atoms with van der Waals surface area (Å²) in [7, 11) is 3.90. The highest BCUT2D eigenvalue weighted by Crippen LogP contribution is 2.30. The van der Waals surface area contributed by atoms with Crippen LogP contribution >= 0.6 is 0 Å². The highest BCUT2D eigenvalue weighted by molar-refractivity contribution is 5.83. The number of hydrogen-bond acceptors (Lipinski definition) is 4. The first kappa shape index (κ1) is 31.6. The molecule has 0 aliphatic heterocycles. The molecule has 2 aromatic carbocycles. The minimum Gasteiger partial charge on any atom is -0.377 e. The maximum atomic E-state index is 12.8. The molecule has 200 valence electrons. The van der Waals surface area contributed by atoms with Crippen molar-refractivity contribution in [3.8, 4) is 0 Å². The van der Waals surface area contributed by atoms with E-state index in [-0.39, 0.29) is 11.9 Å². The van der Waals surface area contributed by atoms with Crippen LogP contribution in [0.15, 0.2) is 48.0 Å². The largest absolute Gasteiger partial charge is 0.377 e. The van der Waals surface area contributed by atoms with Crippen LogP contribution in [0.3, 0.4) is 0 Å². The van der Waals surface area contributed by atoms with Crippen LogP contribution in [0.25, 0.3) is 6.08 Å². The predicted molar refractivity (Wildman–Crippen MR) is 157 cm³/mol. The third kappa shape index (κ3) is 9.22. The molecule has 1 atom stereocenters. The van der Waals surface area contributed by atoms with Crippen LogP contribution in [0.5, 0.6) is 0 Å². The van der Waals surface area contributed by atoms with E-state index in [0.717, 1.165) is 38.0 Å². The Morgan fingerprint density at radius 1 is 1.03 bits per heavy atom. The third-order valence-electron chi connectivity index (χ3n) is 6.54. The van der Waals surface area contributed by atoms with Crippen molar-refractivity contribution in [1.29, 1.82) is 0 Å². The number of hydrogen-bond donors (Lipinski definition) is 0. The van der Waals surface area contributed by atoms with E-state index in [9.17, 15) is 4.79 Å². The highest BCUT2D eigenvalue weighted by Gasteiger charge is 2.20. The van der Waals surface area contributed by atoms with Crippen LogP contribution in [0.2, 0.25) is 0 Å². The molecule has 0 saturated carbocycles. The Morgan fingerprint density at radius 3 is 2.33 bits per heavy atom. The van der Waals surface area contributed by atoms with Gasteiger partial charge in [0.15, 0.2) is 5.78 Å². The first-order valence-corrected chi connectivity index (χ1v) is 13.8. The van der Waals surface area contributed by atoms with Gasteiger partial charge in [0.25, 0.3) is 0 Å². The quantitative estimate of drug-likeness (QED) is 0.319. The van der Waals surface area contributed by atoms with Gasteiger partial charge in [0, 0.05) is 39.4 Å². The Kier molecular flexibility index (Phi) is 15.0. The smallest absolute Gasteiger partial charge is 0.151 e. The Bertz CT molecular complexity index is 947. The standard InChI is InChI=1S/C28H38N2O2.2C2H6/c1-6-28(32-5)25-18-23-13-12-22(16-24(23)19-25)17-26(31)20-30(7-2)15-14-29(4)27-11-9-8-10-21(27)3;2*1-2/h8-13,16,18,28H,6-7,14-15,17,19-20H2,1-5H3;2*1-2H3. The molecule has 0 N–H and O–H groups in total. The maximum Gasteiger partial charge on any atom is 0.151 e. The number of fused-ring (bicyclic) bond motifs is 1. The lowest BCUT2D eigenvalue weighted by molar-refractivity contribution is -0.119. The second-order valence-corrected chi connectivity index (χ2v) is 8.85. The van der Waals surface area contributed by atoms with Crippen LogP contribution in [-0.2, 0) is 22.4 Å². The molecule has 2 aromatic rings. The van der Waals surface area contributed by atoms with Crippen molar-refractivity contribution in [3.63, 3.8) is 0 Å². The van der Waals surface area contributed by atoms with Crippen molar-refractivity contribution in [3.05, 3.63) is 70.3 Å². The minimum atomic E-state index is 0.184. The molecule has 0 saturated heterocycles. The lowest BCUT2D eigenvalue weighted by atomic mass is 10.0. The summed E-state index contributed by atoms with van der Waals surface area (Å²) in [6, 6.07) is 14.9. The number of benzene rings is 2. The van der Waals surface area contributed by atoms with Gasteiger partial charge in [0.05, 0.1) is 12.6 Å². The monoisotopic (exact) mass is 494 g/mol. The number of likely N-dealkylation sites (N-methyl/N-ethyl adjacent to an activating group) is 2. The number of carbonyl (C=O) groups is 1.